The molecule has 0 heterocycles. The fourth-order valence-corrected chi connectivity index (χ4v) is 9.75. The van der Waals surface area contributed by atoms with Crippen LogP contribution in [0.25, 0.3) is 0 Å². The number of nitrogens with one attached hydrogen (secondary N) is 2. The number of guanidine groups is 1. The van der Waals surface area contributed by atoms with Crippen molar-refractivity contribution < 1.29 is 35.0 Å². The molecule has 4 rings (SSSR count). The number of carbonyl (C=O) groups excluding carboxylic acids is 2. The molecule has 0 aromatic rings. The molecule has 0 radical (unpaired) electrons. The predicted molar refractivity (Wildman–Crippen MR) is 148 cm³/mol. The Morgan fingerprint density at radius 3 is 2.45 bits per heavy atom. The zero-order chi connectivity index (χ0) is 29.4. The third kappa shape index (κ3) is 5.86. The molecule has 1 amide bonds. The smallest absolute Gasteiger partial charge is 0.338 e. The maximum absolute atomic E-state index is 12.7. The summed E-state index contributed by atoms with van der Waals surface area (Å²) in [5, 5.41) is 47.6. The van der Waals surface area contributed by atoms with Crippen LogP contribution in [0.5, 0.6) is 0 Å². The lowest BCUT2D eigenvalue weighted by Gasteiger charge is -2.63. The average Bonchev–Trinajstić information content (AvgIpc) is 3.24. The van der Waals surface area contributed by atoms with E-state index in [1.807, 2.05) is 0 Å². The maximum Gasteiger partial charge on any atom is 0.338 e. The zero-order valence-corrected chi connectivity index (χ0v) is 24.5. The van der Waals surface area contributed by atoms with Gasteiger partial charge in [0.25, 0.3) is 0 Å². The van der Waals surface area contributed by atoms with Gasteiger partial charge in [-0.15, -0.1) is 0 Å². The van der Waals surface area contributed by atoms with Gasteiger partial charge in [-0.2, -0.15) is 0 Å². The van der Waals surface area contributed by atoms with Gasteiger partial charge < -0.3 is 30.5 Å². The molecule has 0 aliphatic heterocycles. The molecular weight excluding hydrogens is 512 g/mol. The highest BCUT2D eigenvalue weighted by atomic mass is 16.4. The third-order valence-electron chi connectivity index (χ3n) is 12.0. The SMILES string of the molecule is C[C@H](CCC(=O)N[C@@H](CCC[NH+]=C(N)N)C(=O)[O-])[C@H]1CC[C@H]2[C@@H]3[C@H](O)C[C@@H]4C[C@H](O)CC[C@]4(C)[C@H]3C[C@H](O)[C@]12C. The van der Waals surface area contributed by atoms with Gasteiger partial charge >= 0.3 is 5.96 Å². The first-order chi connectivity index (χ1) is 18.8. The van der Waals surface area contributed by atoms with Gasteiger partial charge in [0, 0.05) is 6.42 Å². The Hall–Kier alpha value is -1.91. The van der Waals surface area contributed by atoms with Gasteiger partial charge in [0.05, 0.1) is 36.9 Å². The van der Waals surface area contributed by atoms with E-state index in [-0.39, 0.29) is 77.1 Å². The first-order valence-corrected chi connectivity index (χ1v) is 15.4. The minimum Gasteiger partial charge on any atom is -0.548 e. The molecule has 0 saturated heterocycles. The first-order valence-electron chi connectivity index (χ1n) is 15.4. The normalized spacial score (nSPS) is 42.0. The number of fused-ring (bicyclic) bond motifs is 5. The zero-order valence-electron chi connectivity index (χ0n) is 24.5. The van der Waals surface area contributed by atoms with Crippen LogP contribution in [0, 0.1) is 46.3 Å². The van der Waals surface area contributed by atoms with E-state index in [2.05, 4.69) is 31.1 Å². The number of nitrogens with two attached hydrogens (primary N) is 2. The Labute approximate surface area is 238 Å². The molecule has 0 bridgehead atoms. The van der Waals surface area contributed by atoms with Crippen LogP contribution in [0.1, 0.15) is 91.4 Å². The summed E-state index contributed by atoms with van der Waals surface area (Å²) >= 11 is 0. The lowest BCUT2D eigenvalue weighted by Crippen LogP contribution is -2.78. The molecule has 4 fully saturated rings. The third-order valence-corrected chi connectivity index (χ3v) is 12.0. The van der Waals surface area contributed by atoms with E-state index in [0.29, 0.717) is 25.8 Å². The highest BCUT2D eigenvalue weighted by Crippen LogP contribution is 2.68. The van der Waals surface area contributed by atoms with Gasteiger partial charge in [0.2, 0.25) is 5.91 Å². The molecule has 40 heavy (non-hydrogen) atoms. The topological polar surface area (TPSA) is 196 Å². The monoisotopic (exact) mass is 564 g/mol. The number of hydrogen-bond acceptors (Lipinski definition) is 6. The van der Waals surface area contributed by atoms with Crippen LogP contribution in [0.4, 0.5) is 0 Å². The Balaban J connectivity index is 1.38. The Morgan fingerprint density at radius 1 is 1.05 bits per heavy atom. The highest BCUT2D eigenvalue weighted by Gasteiger charge is 2.65. The van der Waals surface area contributed by atoms with Gasteiger partial charge in [-0.3, -0.25) is 21.3 Å². The molecule has 4 aliphatic carbocycles. The minimum atomic E-state index is -1.31. The molecule has 4 aliphatic rings. The molecule has 0 aromatic heterocycles. The molecular formula is C30H52N4O6. The van der Waals surface area contributed by atoms with Crippen LogP contribution in [0.15, 0.2) is 0 Å². The van der Waals surface area contributed by atoms with Gasteiger partial charge in [0.1, 0.15) is 0 Å². The standard InChI is InChI=1S/C30H52N4O6/c1-16(6-9-25(38)34-22(27(39)40)5-4-12-33-28(31)32)19-7-8-20-26-21(15-24(37)30(19,20)3)29(2)11-10-18(35)13-17(29)14-23(26)36/h16-24,26,35-37H,4-15H2,1-3H3,(H,34,38)(H,39,40)(H4,31,32,33)/t16-,17+,18-,19-,20+,21+,22+,23-,24+,26+,29+,30-/m1/s1. The van der Waals surface area contributed by atoms with Gasteiger partial charge in [0.15, 0.2) is 0 Å². The first kappa shape index (κ1) is 31.0. The Kier molecular flexibility index (Phi) is 9.42. The number of carbonyl (C=O) groups is 2. The molecule has 0 spiro atoms. The number of amides is 1. The molecule has 0 aromatic carbocycles. The molecule has 228 valence electrons. The fourth-order valence-electron chi connectivity index (χ4n) is 9.75. The lowest BCUT2D eigenvalue weighted by molar-refractivity contribution is -0.459. The quantitative estimate of drug-likeness (QED) is 0.0969. The van der Waals surface area contributed by atoms with Crippen molar-refractivity contribution in [2.75, 3.05) is 6.54 Å². The van der Waals surface area contributed by atoms with Gasteiger partial charge in [-0.05, 0) is 111 Å². The predicted octanol–water partition coefficient (Wildman–Crippen LogP) is -1.27. The van der Waals surface area contributed by atoms with E-state index in [9.17, 15) is 30.0 Å². The van der Waals surface area contributed by atoms with Crippen molar-refractivity contribution in [2.24, 2.45) is 57.8 Å². The van der Waals surface area contributed by atoms with Crippen LogP contribution >= 0.6 is 0 Å². The summed E-state index contributed by atoms with van der Waals surface area (Å²) in [4.78, 5) is 27.0. The van der Waals surface area contributed by atoms with Crippen LogP contribution in [0.3, 0.4) is 0 Å². The number of hydrogen-bond donors (Lipinski definition) is 7. The minimum absolute atomic E-state index is 0.0357. The number of aliphatic hydroxyl groups is 3. The summed E-state index contributed by atoms with van der Waals surface area (Å²) in [6.07, 6.45) is 6.09. The molecule has 12 atom stereocenters. The van der Waals surface area contributed by atoms with E-state index in [1.54, 1.807) is 0 Å². The van der Waals surface area contributed by atoms with Gasteiger partial charge in [-0.1, -0.05) is 20.8 Å². The number of aliphatic hydroxyl groups excluding tert-OH is 3. The van der Waals surface area contributed by atoms with Crippen LogP contribution in [-0.2, 0) is 9.59 Å². The number of aliphatic carboxylic acids is 1. The van der Waals surface area contributed by atoms with Crippen molar-refractivity contribution in [1.82, 2.24) is 5.32 Å². The summed E-state index contributed by atoms with van der Waals surface area (Å²) in [6, 6.07) is -1.08. The van der Waals surface area contributed by atoms with Crippen molar-refractivity contribution in [1.29, 1.82) is 0 Å². The van der Waals surface area contributed by atoms with E-state index < -0.39 is 24.2 Å². The van der Waals surface area contributed by atoms with Crippen LogP contribution < -0.4 is 26.9 Å². The largest absolute Gasteiger partial charge is 0.548 e. The summed E-state index contributed by atoms with van der Waals surface area (Å²) in [7, 11) is 0. The number of carboxylic acid groups (broad SMARTS) is 1. The van der Waals surface area contributed by atoms with Gasteiger partial charge in [-0.25, -0.2) is 0 Å². The second kappa shape index (κ2) is 12.1. The second-order valence-corrected chi connectivity index (χ2v) is 14.0. The Bertz CT molecular complexity index is 958. The number of carboxylic acids is 1. The average molecular weight is 565 g/mol. The van der Waals surface area contributed by atoms with E-state index in [0.717, 1.165) is 38.5 Å². The fraction of sp³-hybridized carbons (Fsp3) is 0.900. The van der Waals surface area contributed by atoms with E-state index >= 15 is 0 Å². The van der Waals surface area contributed by atoms with Crippen molar-refractivity contribution in [3.63, 3.8) is 0 Å². The van der Waals surface area contributed by atoms with Crippen molar-refractivity contribution in [3.8, 4) is 0 Å². The molecule has 0 unspecified atom stereocenters. The summed E-state index contributed by atoms with van der Waals surface area (Å²) in [5.74, 6) is -0.281. The molecule has 10 heteroatoms. The van der Waals surface area contributed by atoms with E-state index in [1.165, 1.54) is 0 Å². The highest BCUT2D eigenvalue weighted by molar-refractivity contribution is 5.82. The van der Waals surface area contributed by atoms with Crippen LogP contribution in [0.2, 0.25) is 0 Å². The summed E-state index contributed by atoms with van der Waals surface area (Å²) in [5.41, 5.74) is 10.4. The second-order valence-electron chi connectivity index (χ2n) is 14.0. The summed E-state index contributed by atoms with van der Waals surface area (Å²) < 4.78 is 0. The van der Waals surface area contributed by atoms with Crippen molar-refractivity contribution in [2.45, 2.75) is 116 Å². The van der Waals surface area contributed by atoms with Crippen molar-refractivity contribution >= 4 is 17.8 Å². The Morgan fingerprint density at radius 2 is 1.77 bits per heavy atom. The van der Waals surface area contributed by atoms with Crippen LogP contribution in [-0.4, -0.2) is 64.1 Å². The number of rotatable bonds is 10. The molecule has 4 saturated carbocycles. The molecule has 9 N–H and O–H groups in total. The lowest BCUT2D eigenvalue weighted by atomic mass is 9.43. The van der Waals surface area contributed by atoms with Crippen molar-refractivity contribution in [3.05, 3.63) is 0 Å². The van der Waals surface area contributed by atoms with E-state index in [4.69, 9.17) is 11.5 Å². The molecule has 10 nitrogen and oxygen atoms in total. The summed E-state index contributed by atoms with van der Waals surface area (Å²) in [6.45, 7) is 7.07. The maximum atomic E-state index is 12.7.